The molecule has 1 N–H and O–H groups in total. The summed E-state index contributed by atoms with van der Waals surface area (Å²) in [6, 6.07) is 11.7. The highest BCUT2D eigenvalue weighted by Crippen LogP contribution is 2.44. The minimum Gasteiger partial charge on any atom is -0.322 e. The number of rotatable bonds is 8. The van der Waals surface area contributed by atoms with E-state index in [2.05, 4.69) is 15.4 Å². The molecule has 43 heavy (non-hydrogen) atoms. The lowest BCUT2D eigenvalue weighted by Gasteiger charge is -2.34. The van der Waals surface area contributed by atoms with Gasteiger partial charge in [-0.15, -0.1) is 0 Å². The molecule has 4 aromatic rings. The number of nitrogens with one attached hydrogen (secondary N) is 1. The van der Waals surface area contributed by atoms with Crippen molar-refractivity contribution in [3.8, 4) is 0 Å². The first kappa shape index (κ1) is 31.7. The summed E-state index contributed by atoms with van der Waals surface area (Å²) in [6.45, 7) is 4.01. The molecule has 0 aliphatic carbocycles. The molecular weight excluding hydrogens is 598 g/mol. The van der Waals surface area contributed by atoms with E-state index in [0.29, 0.717) is 34.8 Å². The van der Waals surface area contributed by atoms with Gasteiger partial charge in [-0.25, -0.2) is 4.98 Å². The molecule has 4 rings (SSSR count). The Balaban J connectivity index is 1.65. The highest BCUT2D eigenvalue weighted by molar-refractivity contribution is 6.33. The number of carbonyl (C=O) groups excluding carboxylic acids is 2. The van der Waals surface area contributed by atoms with Gasteiger partial charge in [0, 0.05) is 30.1 Å². The third-order valence-corrected chi connectivity index (χ3v) is 7.51. The van der Waals surface area contributed by atoms with Crippen LogP contribution in [0.25, 0.3) is 0 Å². The molecule has 2 aromatic heterocycles. The number of alkyl halides is 6. The van der Waals surface area contributed by atoms with Gasteiger partial charge in [0.15, 0.2) is 11.3 Å². The molecule has 2 heterocycles. The van der Waals surface area contributed by atoms with Crippen LogP contribution in [-0.4, -0.2) is 32.6 Å². The molecule has 0 aliphatic heterocycles. The lowest BCUT2D eigenvalue weighted by molar-refractivity contribution is -0.197. The van der Waals surface area contributed by atoms with E-state index in [9.17, 15) is 35.9 Å². The van der Waals surface area contributed by atoms with Crippen molar-refractivity contribution in [3.63, 3.8) is 0 Å². The average molecular weight is 623 g/mol. The average Bonchev–Trinajstić information content (AvgIpc) is 3.45. The van der Waals surface area contributed by atoms with Crippen LogP contribution < -0.4 is 5.32 Å². The predicted molar refractivity (Wildman–Crippen MR) is 148 cm³/mol. The number of hydrogen-bond donors (Lipinski definition) is 1. The molecule has 2 aromatic carbocycles. The van der Waals surface area contributed by atoms with E-state index < -0.39 is 29.4 Å². The second-order valence-corrected chi connectivity index (χ2v) is 10.4. The second kappa shape index (κ2) is 11.8. The summed E-state index contributed by atoms with van der Waals surface area (Å²) in [5, 5.41) is 6.09. The fraction of sp³-hybridized carbons (Fsp3) is 0.267. The Hall–Kier alpha value is -4.19. The van der Waals surface area contributed by atoms with Crippen LogP contribution in [0.4, 0.5) is 32.0 Å². The minimum absolute atomic E-state index is 0.00761. The zero-order valence-electron chi connectivity index (χ0n) is 23.1. The van der Waals surface area contributed by atoms with Crippen LogP contribution in [0.2, 0.25) is 5.15 Å². The van der Waals surface area contributed by atoms with Crippen LogP contribution >= 0.6 is 11.6 Å². The summed E-state index contributed by atoms with van der Waals surface area (Å²) in [4.78, 5) is 29.8. The molecule has 0 bridgehead atoms. The first-order valence-corrected chi connectivity index (χ1v) is 13.3. The van der Waals surface area contributed by atoms with Gasteiger partial charge in [0.1, 0.15) is 5.15 Å². The quantitative estimate of drug-likeness (QED) is 0.123. The van der Waals surface area contributed by atoms with Crippen molar-refractivity contribution < 1.29 is 35.9 Å². The summed E-state index contributed by atoms with van der Waals surface area (Å²) in [7, 11) is 0. The smallest absolute Gasteiger partial charge is 0.322 e. The summed E-state index contributed by atoms with van der Waals surface area (Å²) in [5.41, 5.74) is -2.56. The Morgan fingerprint density at radius 3 is 2.33 bits per heavy atom. The number of aryl methyl sites for hydroxylation is 2. The third kappa shape index (κ3) is 6.43. The SMILES string of the molecule is CCc1cc(C(C)(n2cc(C(F)(F)F)cn2)C(F)(F)F)cc(C)c1CC(=O)c1cccc(NC(=O)c2cccnc2Cl)c1. The number of hydrogen-bond acceptors (Lipinski definition) is 4. The number of anilines is 1. The van der Waals surface area contributed by atoms with E-state index in [0.717, 1.165) is 6.92 Å². The standard InChI is InChI=1S/C30H25ClF6N4O2/c1-4-18-12-20(28(3,30(35,36)37)41-16-21(15-39-41)29(32,33)34)11-17(2)24(18)14-25(42)19-7-5-8-22(13-19)40-27(43)23-9-6-10-38-26(23)31/h5-13,15-16H,4,14H2,1-3H3,(H,40,43). The van der Waals surface area contributed by atoms with Crippen molar-refractivity contribution in [1.29, 1.82) is 0 Å². The van der Waals surface area contributed by atoms with Gasteiger partial charge < -0.3 is 5.32 Å². The molecule has 1 atom stereocenters. The van der Waals surface area contributed by atoms with Crippen LogP contribution in [0.1, 0.15) is 62.4 Å². The number of Topliss-reactive ketones (excluding diaryl/α,β-unsaturated/α-hetero) is 1. The van der Waals surface area contributed by atoms with Crippen molar-refractivity contribution in [2.24, 2.45) is 0 Å². The van der Waals surface area contributed by atoms with E-state index in [1.165, 1.54) is 30.5 Å². The molecule has 0 saturated heterocycles. The molecular formula is C30H25ClF6N4O2. The Bertz CT molecular complexity index is 1680. The molecule has 0 saturated carbocycles. The van der Waals surface area contributed by atoms with Gasteiger partial charge in [0.2, 0.25) is 0 Å². The summed E-state index contributed by atoms with van der Waals surface area (Å²) in [6.07, 6.45) is -7.68. The highest BCUT2D eigenvalue weighted by atomic mass is 35.5. The predicted octanol–water partition coefficient (Wildman–Crippen LogP) is 7.82. The second-order valence-electron chi connectivity index (χ2n) is 10.0. The van der Waals surface area contributed by atoms with Crippen LogP contribution in [-0.2, 0) is 24.6 Å². The van der Waals surface area contributed by atoms with E-state index in [-0.39, 0.29) is 45.2 Å². The zero-order valence-corrected chi connectivity index (χ0v) is 23.8. The first-order chi connectivity index (χ1) is 20.1. The van der Waals surface area contributed by atoms with Gasteiger partial charge in [-0.3, -0.25) is 14.3 Å². The molecule has 13 heteroatoms. The van der Waals surface area contributed by atoms with Gasteiger partial charge in [-0.2, -0.15) is 31.4 Å². The maximum Gasteiger partial charge on any atom is 0.419 e. The molecule has 0 aliphatic rings. The van der Waals surface area contributed by atoms with Crippen molar-refractivity contribution in [2.45, 2.75) is 51.5 Å². The summed E-state index contributed by atoms with van der Waals surface area (Å²) < 4.78 is 83.3. The number of ketones is 1. The molecule has 1 unspecified atom stereocenters. The van der Waals surface area contributed by atoms with Crippen molar-refractivity contribution in [3.05, 3.63) is 111 Å². The van der Waals surface area contributed by atoms with Crippen molar-refractivity contribution in [2.75, 3.05) is 5.32 Å². The molecule has 6 nitrogen and oxygen atoms in total. The lowest BCUT2D eigenvalue weighted by atomic mass is 9.84. The third-order valence-electron chi connectivity index (χ3n) is 7.21. The molecule has 226 valence electrons. The Morgan fingerprint density at radius 2 is 1.72 bits per heavy atom. The first-order valence-electron chi connectivity index (χ1n) is 12.9. The lowest BCUT2D eigenvalue weighted by Crippen LogP contribution is -2.46. The van der Waals surface area contributed by atoms with E-state index >= 15 is 0 Å². The fourth-order valence-electron chi connectivity index (χ4n) is 4.67. The summed E-state index contributed by atoms with van der Waals surface area (Å²) >= 11 is 5.98. The van der Waals surface area contributed by atoms with Crippen LogP contribution in [0.3, 0.4) is 0 Å². The fourth-order valence-corrected chi connectivity index (χ4v) is 4.87. The minimum atomic E-state index is -5.01. The number of nitrogens with zero attached hydrogens (tertiary/aromatic N) is 3. The van der Waals surface area contributed by atoms with Gasteiger partial charge in [-0.1, -0.05) is 42.8 Å². The Morgan fingerprint density at radius 1 is 1.00 bits per heavy atom. The molecule has 0 spiro atoms. The topological polar surface area (TPSA) is 76.9 Å². The largest absolute Gasteiger partial charge is 0.419 e. The molecule has 0 fully saturated rings. The molecule has 0 radical (unpaired) electrons. The monoisotopic (exact) mass is 622 g/mol. The number of aromatic nitrogens is 3. The number of amides is 1. The Kier molecular flexibility index (Phi) is 8.73. The zero-order chi connectivity index (χ0) is 31.7. The van der Waals surface area contributed by atoms with Gasteiger partial charge >= 0.3 is 12.4 Å². The van der Waals surface area contributed by atoms with E-state index in [4.69, 9.17) is 11.6 Å². The Labute approximate surface area is 247 Å². The van der Waals surface area contributed by atoms with Crippen LogP contribution in [0.15, 0.2) is 67.1 Å². The van der Waals surface area contributed by atoms with Gasteiger partial charge in [0.05, 0.1) is 17.3 Å². The van der Waals surface area contributed by atoms with Gasteiger partial charge in [-0.05, 0) is 66.8 Å². The molecule has 1 amide bonds. The number of benzene rings is 2. The van der Waals surface area contributed by atoms with Crippen LogP contribution in [0.5, 0.6) is 0 Å². The summed E-state index contributed by atoms with van der Waals surface area (Å²) in [5.74, 6) is -0.892. The number of carbonyl (C=O) groups is 2. The number of halogens is 7. The van der Waals surface area contributed by atoms with E-state index in [1.54, 1.807) is 38.1 Å². The maximum absolute atomic E-state index is 14.5. The van der Waals surface area contributed by atoms with E-state index in [1.807, 2.05) is 0 Å². The van der Waals surface area contributed by atoms with Gasteiger partial charge in [0.25, 0.3) is 5.91 Å². The van der Waals surface area contributed by atoms with Crippen molar-refractivity contribution >= 4 is 29.0 Å². The van der Waals surface area contributed by atoms with Crippen molar-refractivity contribution in [1.82, 2.24) is 14.8 Å². The number of pyridine rings is 1. The maximum atomic E-state index is 14.5. The van der Waals surface area contributed by atoms with Crippen LogP contribution in [0, 0.1) is 6.92 Å². The normalized spacial score (nSPS) is 13.4. The highest BCUT2D eigenvalue weighted by Gasteiger charge is 2.55.